The van der Waals surface area contributed by atoms with E-state index in [0.29, 0.717) is 5.69 Å². The maximum atomic E-state index is 12.9. The molecule has 1 amide bonds. The number of amides is 1. The van der Waals surface area contributed by atoms with Crippen molar-refractivity contribution >= 4 is 17.3 Å². The lowest BCUT2D eigenvalue weighted by Gasteiger charge is -2.12. The number of nitrogens with one attached hydrogen (secondary N) is 2. The number of hydrogen-bond acceptors (Lipinski definition) is 5. The van der Waals surface area contributed by atoms with Gasteiger partial charge in [-0.05, 0) is 36.8 Å². The van der Waals surface area contributed by atoms with Gasteiger partial charge in [0.2, 0.25) is 17.6 Å². The van der Waals surface area contributed by atoms with Crippen molar-refractivity contribution in [3.63, 3.8) is 0 Å². The Balaban J connectivity index is 1.71. The minimum atomic E-state index is -4.45. The molecule has 0 aliphatic rings. The number of hydrogen-bond donors (Lipinski definition) is 2. The minimum Gasteiger partial charge on any atom is -0.376 e. The third-order valence-electron chi connectivity index (χ3n) is 4.38. The molecular formula is C21H21F3N4O2. The van der Waals surface area contributed by atoms with Crippen LogP contribution in [0.3, 0.4) is 0 Å². The van der Waals surface area contributed by atoms with Crippen molar-refractivity contribution in [3.8, 4) is 11.4 Å². The largest absolute Gasteiger partial charge is 0.416 e. The van der Waals surface area contributed by atoms with Crippen LogP contribution in [0.4, 0.5) is 24.5 Å². The Bertz CT molecular complexity index is 1040. The summed E-state index contributed by atoms with van der Waals surface area (Å²) in [5.41, 5.74) is 1.79. The van der Waals surface area contributed by atoms with Crippen LogP contribution < -0.4 is 10.6 Å². The average Bonchev–Trinajstić information content (AvgIpc) is 3.17. The fourth-order valence-electron chi connectivity index (χ4n) is 2.63. The lowest BCUT2D eigenvalue weighted by molar-refractivity contribution is -0.137. The summed E-state index contributed by atoms with van der Waals surface area (Å²) in [7, 11) is 0. The lowest BCUT2D eigenvalue weighted by atomic mass is 10.1. The maximum Gasteiger partial charge on any atom is 0.416 e. The monoisotopic (exact) mass is 418 g/mol. The molecule has 0 aliphatic carbocycles. The Labute approximate surface area is 171 Å². The number of anilines is 2. The summed E-state index contributed by atoms with van der Waals surface area (Å²) in [4.78, 5) is 16.0. The summed E-state index contributed by atoms with van der Waals surface area (Å²) < 4.78 is 43.8. The summed E-state index contributed by atoms with van der Waals surface area (Å²) in [6.07, 6.45) is -4.45. The molecule has 3 rings (SSSR count). The molecule has 1 aromatic heterocycles. The highest BCUT2D eigenvalue weighted by atomic mass is 19.4. The molecule has 0 radical (unpaired) electrons. The van der Waals surface area contributed by atoms with E-state index in [4.69, 9.17) is 4.52 Å². The fraction of sp³-hybridized carbons (Fsp3) is 0.286. The van der Waals surface area contributed by atoms with Crippen LogP contribution in [0, 0.1) is 12.8 Å². The highest BCUT2D eigenvalue weighted by Gasteiger charge is 2.30. The summed E-state index contributed by atoms with van der Waals surface area (Å²) in [5, 5.41) is 9.74. The van der Waals surface area contributed by atoms with Crippen molar-refractivity contribution in [3.05, 3.63) is 59.5 Å². The molecule has 2 N–H and O–H groups in total. The molecule has 0 unspecified atom stereocenters. The van der Waals surface area contributed by atoms with E-state index in [0.717, 1.165) is 23.4 Å². The molecule has 0 saturated heterocycles. The van der Waals surface area contributed by atoms with Crippen LogP contribution in [0.5, 0.6) is 0 Å². The number of aromatic nitrogens is 2. The van der Waals surface area contributed by atoms with E-state index in [1.807, 2.05) is 13.0 Å². The predicted octanol–water partition coefficient (Wildman–Crippen LogP) is 5.27. The second-order valence-corrected chi connectivity index (χ2v) is 7.12. The molecule has 3 aromatic rings. The molecule has 0 spiro atoms. The second-order valence-electron chi connectivity index (χ2n) is 7.12. The summed E-state index contributed by atoms with van der Waals surface area (Å²) >= 11 is 0. The van der Waals surface area contributed by atoms with Crippen LogP contribution in [-0.4, -0.2) is 16.0 Å². The van der Waals surface area contributed by atoms with E-state index in [1.165, 1.54) is 12.1 Å². The van der Waals surface area contributed by atoms with Gasteiger partial charge in [-0.15, -0.1) is 0 Å². The smallest absolute Gasteiger partial charge is 0.376 e. The molecule has 1 heterocycles. The number of halogens is 3. The number of benzene rings is 2. The Hall–Kier alpha value is -3.36. The van der Waals surface area contributed by atoms with Gasteiger partial charge in [0.25, 0.3) is 0 Å². The van der Waals surface area contributed by atoms with Crippen molar-refractivity contribution in [2.75, 3.05) is 10.6 Å². The number of rotatable bonds is 6. The topological polar surface area (TPSA) is 80.0 Å². The van der Waals surface area contributed by atoms with Gasteiger partial charge in [0, 0.05) is 22.9 Å². The van der Waals surface area contributed by atoms with Crippen LogP contribution in [0.2, 0.25) is 0 Å². The minimum absolute atomic E-state index is 0.0765. The van der Waals surface area contributed by atoms with E-state index >= 15 is 0 Å². The number of carbonyl (C=O) groups is 1. The van der Waals surface area contributed by atoms with Crippen LogP contribution in [0.1, 0.15) is 30.9 Å². The zero-order valence-electron chi connectivity index (χ0n) is 16.7. The highest BCUT2D eigenvalue weighted by molar-refractivity contribution is 5.92. The van der Waals surface area contributed by atoms with Gasteiger partial charge in [-0.2, -0.15) is 18.2 Å². The van der Waals surface area contributed by atoms with Gasteiger partial charge in [-0.3, -0.25) is 4.79 Å². The first-order valence-corrected chi connectivity index (χ1v) is 9.29. The normalized spacial score (nSPS) is 11.6. The van der Waals surface area contributed by atoms with Gasteiger partial charge in [-0.1, -0.05) is 37.2 Å². The Morgan fingerprint density at radius 3 is 2.63 bits per heavy atom. The molecule has 6 nitrogen and oxygen atoms in total. The van der Waals surface area contributed by atoms with Crippen LogP contribution in [0.15, 0.2) is 47.0 Å². The molecule has 158 valence electrons. The van der Waals surface area contributed by atoms with E-state index < -0.39 is 11.7 Å². The summed E-state index contributed by atoms with van der Waals surface area (Å²) in [6, 6.07) is 10.2. The van der Waals surface area contributed by atoms with Gasteiger partial charge in [-0.25, -0.2) is 0 Å². The van der Waals surface area contributed by atoms with Crippen molar-refractivity contribution in [1.82, 2.24) is 10.1 Å². The van der Waals surface area contributed by atoms with Crippen molar-refractivity contribution in [1.29, 1.82) is 0 Å². The van der Waals surface area contributed by atoms with E-state index in [9.17, 15) is 18.0 Å². The highest BCUT2D eigenvalue weighted by Crippen LogP contribution is 2.31. The average molecular weight is 418 g/mol. The molecule has 0 saturated carbocycles. The van der Waals surface area contributed by atoms with Gasteiger partial charge >= 0.3 is 6.18 Å². The summed E-state index contributed by atoms with van der Waals surface area (Å²) in [6.45, 7) is 5.69. The summed E-state index contributed by atoms with van der Waals surface area (Å²) in [5.74, 6) is 0.0637. The fourth-order valence-corrected chi connectivity index (χ4v) is 2.63. The Kier molecular flexibility index (Phi) is 6.09. The van der Waals surface area contributed by atoms with E-state index in [-0.39, 0.29) is 35.6 Å². The van der Waals surface area contributed by atoms with Crippen LogP contribution in [0.25, 0.3) is 11.4 Å². The molecule has 0 bridgehead atoms. The molecule has 0 fully saturated rings. The Morgan fingerprint density at radius 1 is 1.17 bits per heavy atom. The van der Waals surface area contributed by atoms with Gasteiger partial charge in [0.05, 0.1) is 12.1 Å². The zero-order chi connectivity index (χ0) is 21.9. The molecule has 0 aliphatic heterocycles. The number of alkyl halides is 3. The van der Waals surface area contributed by atoms with Gasteiger partial charge in [0.15, 0.2) is 0 Å². The number of carbonyl (C=O) groups excluding carboxylic acids is 1. The van der Waals surface area contributed by atoms with E-state index in [2.05, 4.69) is 20.8 Å². The van der Waals surface area contributed by atoms with Gasteiger partial charge < -0.3 is 15.2 Å². The number of aryl methyl sites for hydroxylation is 1. The first-order chi connectivity index (χ1) is 14.1. The zero-order valence-corrected chi connectivity index (χ0v) is 16.7. The van der Waals surface area contributed by atoms with Crippen molar-refractivity contribution in [2.24, 2.45) is 5.92 Å². The van der Waals surface area contributed by atoms with Gasteiger partial charge in [0.1, 0.15) is 0 Å². The lowest BCUT2D eigenvalue weighted by Crippen LogP contribution is -2.17. The maximum absolute atomic E-state index is 12.9. The van der Waals surface area contributed by atoms with Crippen molar-refractivity contribution in [2.45, 2.75) is 33.5 Å². The predicted molar refractivity (Wildman–Crippen MR) is 107 cm³/mol. The molecule has 0 atom stereocenters. The first-order valence-electron chi connectivity index (χ1n) is 9.29. The SMILES string of the molecule is Cc1ccc(NC(=O)C(C)C)cc1NCc1nc(-c2cccc(C(F)(F)F)c2)no1. The molecular weight excluding hydrogens is 397 g/mol. The third kappa shape index (κ3) is 5.16. The Morgan fingerprint density at radius 2 is 1.93 bits per heavy atom. The third-order valence-corrected chi connectivity index (χ3v) is 4.38. The standard InChI is InChI=1S/C21H21F3N4O2/c1-12(2)20(29)26-16-8-7-13(3)17(10-16)25-11-18-27-19(28-30-18)14-5-4-6-15(9-14)21(22,23)24/h4-10,12,25H,11H2,1-3H3,(H,26,29). The second kappa shape index (κ2) is 8.56. The van der Waals surface area contributed by atoms with Crippen molar-refractivity contribution < 1.29 is 22.5 Å². The van der Waals surface area contributed by atoms with Crippen LogP contribution >= 0.6 is 0 Å². The number of nitrogens with zero attached hydrogens (tertiary/aromatic N) is 2. The van der Waals surface area contributed by atoms with E-state index in [1.54, 1.807) is 26.0 Å². The van der Waals surface area contributed by atoms with Crippen LogP contribution in [-0.2, 0) is 17.5 Å². The molecule has 2 aromatic carbocycles. The molecule has 30 heavy (non-hydrogen) atoms. The first kappa shape index (κ1) is 21.4. The molecule has 9 heteroatoms. The quantitative estimate of drug-likeness (QED) is 0.570.